The average Bonchev–Trinajstić information content (AvgIpc) is 2.31. The van der Waals surface area contributed by atoms with Gasteiger partial charge in [0.15, 0.2) is 0 Å². The van der Waals surface area contributed by atoms with Gasteiger partial charge in [-0.15, -0.1) is 18.0 Å². The van der Waals surface area contributed by atoms with E-state index in [0.29, 0.717) is 0 Å². The Kier molecular flexibility index (Phi) is 6.77. The minimum atomic E-state index is 0.00160. The van der Waals surface area contributed by atoms with E-state index in [1.54, 1.807) is 6.08 Å². The van der Waals surface area contributed by atoms with Crippen LogP contribution >= 0.6 is 11.6 Å². The molecule has 0 spiro atoms. The third-order valence-corrected chi connectivity index (χ3v) is 3.10. The molecule has 0 aromatic rings. The van der Waals surface area contributed by atoms with Crippen molar-refractivity contribution in [3.63, 3.8) is 0 Å². The number of ether oxygens (including phenoxy) is 1. The average molecular weight is 251 g/mol. The highest BCUT2D eigenvalue weighted by atomic mass is 35.5. The van der Waals surface area contributed by atoms with E-state index in [4.69, 9.17) is 22.8 Å². The van der Waals surface area contributed by atoms with Crippen LogP contribution in [0.3, 0.4) is 0 Å². The van der Waals surface area contributed by atoms with Crippen molar-refractivity contribution in [1.82, 2.24) is 0 Å². The Morgan fingerprint density at radius 3 is 2.94 bits per heavy atom. The molecule has 1 nitrogen and oxygen atoms in total. The topological polar surface area (TPSA) is 9.23 Å². The monoisotopic (exact) mass is 250 g/mol. The van der Waals surface area contributed by atoms with Crippen LogP contribution in [-0.2, 0) is 4.74 Å². The van der Waals surface area contributed by atoms with Crippen LogP contribution in [0.1, 0.15) is 26.2 Å². The molecule has 2 heteroatoms. The molecule has 1 aliphatic rings. The summed E-state index contributed by atoms with van der Waals surface area (Å²) in [5.74, 6) is 2.48. The molecule has 0 bridgehead atoms. The fourth-order valence-electron chi connectivity index (χ4n) is 1.79. The summed E-state index contributed by atoms with van der Waals surface area (Å²) in [5.41, 5.74) is 0. The van der Waals surface area contributed by atoms with Gasteiger partial charge in [0.25, 0.3) is 0 Å². The lowest BCUT2D eigenvalue weighted by atomic mass is 10.1. The third-order valence-electron chi connectivity index (χ3n) is 2.64. The lowest BCUT2D eigenvalue weighted by Crippen LogP contribution is -2.29. The zero-order valence-electron chi connectivity index (χ0n) is 10.2. The van der Waals surface area contributed by atoms with E-state index < -0.39 is 0 Å². The Morgan fingerprint density at radius 2 is 2.24 bits per heavy atom. The molecule has 17 heavy (non-hydrogen) atoms. The summed E-state index contributed by atoms with van der Waals surface area (Å²) in [6, 6.07) is 0. The van der Waals surface area contributed by atoms with E-state index in [0.717, 1.165) is 19.3 Å². The lowest BCUT2D eigenvalue weighted by molar-refractivity contribution is 0.0129. The van der Waals surface area contributed by atoms with Crippen molar-refractivity contribution in [1.29, 1.82) is 0 Å². The fraction of sp³-hybridized carbons (Fsp3) is 0.467. The molecule has 0 radical (unpaired) electrons. The molecule has 0 unspecified atom stereocenters. The van der Waals surface area contributed by atoms with Crippen LogP contribution < -0.4 is 0 Å². The van der Waals surface area contributed by atoms with Crippen molar-refractivity contribution in [2.75, 3.05) is 0 Å². The predicted molar refractivity (Wildman–Crippen MR) is 74.1 cm³/mol. The van der Waals surface area contributed by atoms with Crippen molar-refractivity contribution in [3.05, 3.63) is 36.5 Å². The number of alkyl halides is 1. The predicted octanol–water partition coefficient (Wildman–Crippen LogP) is 3.85. The molecule has 0 N–H and O–H groups in total. The molecule has 1 heterocycles. The van der Waals surface area contributed by atoms with Crippen LogP contribution in [-0.4, -0.2) is 17.6 Å². The molecule has 1 aliphatic heterocycles. The zero-order valence-corrected chi connectivity index (χ0v) is 10.9. The van der Waals surface area contributed by atoms with Crippen LogP contribution in [0, 0.1) is 12.3 Å². The molecule has 0 amide bonds. The van der Waals surface area contributed by atoms with E-state index in [-0.39, 0.29) is 17.6 Å². The summed E-state index contributed by atoms with van der Waals surface area (Å²) >= 11 is 6.32. The second-order valence-corrected chi connectivity index (χ2v) is 4.56. The van der Waals surface area contributed by atoms with Crippen LogP contribution in [0.4, 0.5) is 0 Å². The SMILES string of the molecule is C#C/C=C/C[C@H]1O[C@@H](/C=C/C)CC=CC[C@H]1Cl. The second-order valence-electron chi connectivity index (χ2n) is 4.00. The van der Waals surface area contributed by atoms with E-state index in [1.165, 1.54) is 0 Å². The molecular formula is C15H19ClO. The normalized spacial score (nSPS) is 30.3. The van der Waals surface area contributed by atoms with E-state index >= 15 is 0 Å². The molecule has 0 aromatic carbocycles. The number of terminal acetylenes is 1. The third kappa shape index (κ3) is 5.26. The van der Waals surface area contributed by atoms with Gasteiger partial charge in [-0.05, 0) is 32.3 Å². The smallest absolute Gasteiger partial charge is 0.0794 e. The zero-order chi connectivity index (χ0) is 12.5. The standard InChI is InChI=1S/C15H19ClO/c1-3-5-6-12-15-14(16)11-8-7-10-13(17-15)9-4-2/h1,4-9,13-15H,10-12H2,2H3/b6-5+,8-7?,9-4+/t13-,14+,15+/m0/s1. The summed E-state index contributed by atoms with van der Waals surface area (Å²) in [4.78, 5) is 0. The van der Waals surface area contributed by atoms with Gasteiger partial charge < -0.3 is 4.74 Å². The van der Waals surface area contributed by atoms with Crippen molar-refractivity contribution in [2.45, 2.75) is 43.8 Å². The Morgan fingerprint density at radius 1 is 1.47 bits per heavy atom. The fourth-order valence-corrected chi connectivity index (χ4v) is 2.05. The summed E-state index contributed by atoms with van der Waals surface area (Å²) in [6.45, 7) is 2.00. The lowest BCUT2D eigenvalue weighted by Gasteiger charge is -2.26. The summed E-state index contributed by atoms with van der Waals surface area (Å²) in [7, 11) is 0. The second kappa shape index (κ2) is 8.17. The van der Waals surface area contributed by atoms with Gasteiger partial charge in [0.1, 0.15) is 0 Å². The molecule has 92 valence electrons. The maximum Gasteiger partial charge on any atom is 0.0794 e. The van der Waals surface area contributed by atoms with Crippen molar-refractivity contribution < 1.29 is 4.74 Å². The van der Waals surface area contributed by atoms with Crippen LogP contribution in [0.25, 0.3) is 0 Å². The first kappa shape index (κ1) is 14.1. The number of hydrogen-bond donors (Lipinski definition) is 0. The first-order valence-electron chi connectivity index (χ1n) is 5.96. The Hall–Kier alpha value is -0.970. The highest BCUT2D eigenvalue weighted by Crippen LogP contribution is 2.22. The molecule has 0 saturated carbocycles. The number of allylic oxidation sites excluding steroid dienone is 3. The Bertz CT molecular complexity index is 335. The maximum absolute atomic E-state index is 6.32. The highest BCUT2D eigenvalue weighted by Gasteiger charge is 2.22. The minimum Gasteiger partial charge on any atom is -0.369 e. The summed E-state index contributed by atoms with van der Waals surface area (Å²) < 4.78 is 6.00. The van der Waals surface area contributed by atoms with Crippen LogP contribution in [0.15, 0.2) is 36.5 Å². The molecule has 0 saturated heterocycles. The van der Waals surface area contributed by atoms with Gasteiger partial charge in [0.2, 0.25) is 0 Å². The number of rotatable bonds is 3. The van der Waals surface area contributed by atoms with Crippen molar-refractivity contribution >= 4 is 11.6 Å². The molecule has 0 aromatic heterocycles. The van der Waals surface area contributed by atoms with Crippen molar-refractivity contribution in [2.24, 2.45) is 0 Å². The van der Waals surface area contributed by atoms with E-state index in [2.05, 4.69) is 24.1 Å². The molecule has 3 atom stereocenters. The van der Waals surface area contributed by atoms with Gasteiger partial charge in [0, 0.05) is 0 Å². The Labute approximate surface area is 109 Å². The summed E-state index contributed by atoms with van der Waals surface area (Å²) in [6.07, 6.45) is 19.8. The van der Waals surface area contributed by atoms with Crippen molar-refractivity contribution in [3.8, 4) is 12.3 Å². The van der Waals surface area contributed by atoms with Crippen LogP contribution in [0.2, 0.25) is 0 Å². The first-order chi connectivity index (χ1) is 8.27. The van der Waals surface area contributed by atoms with Gasteiger partial charge >= 0.3 is 0 Å². The maximum atomic E-state index is 6.32. The molecule has 0 fully saturated rings. The quantitative estimate of drug-likeness (QED) is 0.420. The number of hydrogen-bond acceptors (Lipinski definition) is 1. The van der Waals surface area contributed by atoms with Gasteiger partial charge in [-0.25, -0.2) is 0 Å². The van der Waals surface area contributed by atoms with Crippen LogP contribution in [0.5, 0.6) is 0 Å². The number of halogens is 1. The first-order valence-corrected chi connectivity index (χ1v) is 6.40. The largest absolute Gasteiger partial charge is 0.369 e. The van der Waals surface area contributed by atoms with Gasteiger partial charge in [-0.1, -0.05) is 36.3 Å². The van der Waals surface area contributed by atoms with Gasteiger partial charge in [-0.3, -0.25) is 0 Å². The van der Waals surface area contributed by atoms with E-state index in [1.807, 2.05) is 19.1 Å². The summed E-state index contributed by atoms with van der Waals surface area (Å²) in [5, 5.41) is 0.00160. The molecular weight excluding hydrogens is 232 g/mol. The van der Waals surface area contributed by atoms with Gasteiger partial charge in [0.05, 0.1) is 17.6 Å². The highest BCUT2D eigenvalue weighted by molar-refractivity contribution is 6.21. The minimum absolute atomic E-state index is 0.00160. The molecule has 0 aliphatic carbocycles. The molecule has 1 rings (SSSR count). The van der Waals surface area contributed by atoms with E-state index in [9.17, 15) is 0 Å². The van der Waals surface area contributed by atoms with Gasteiger partial charge in [-0.2, -0.15) is 0 Å². The Balaban J connectivity index is 2.66.